The second-order valence-electron chi connectivity index (χ2n) is 17.8. The van der Waals surface area contributed by atoms with Crippen LogP contribution in [0, 0.1) is 11.6 Å². The normalized spacial score (nSPS) is 21.6. The molecule has 0 spiro atoms. The molecule has 2 N–H and O–H groups in total. The van der Waals surface area contributed by atoms with Gasteiger partial charge in [0.1, 0.15) is 34.9 Å². The van der Waals surface area contributed by atoms with Gasteiger partial charge >= 0.3 is 12.2 Å². The number of hydrogen-bond donors (Lipinski definition) is 2. The molecule has 56 heavy (non-hydrogen) atoms. The fourth-order valence-corrected chi connectivity index (χ4v) is 7.43. The van der Waals surface area contributed by atoms with Crippen molar-refractivity contribution in [2.75, 3.05) is 13.1 Å². The summed E-state index contributed by atoms with van der Waals surface area (Å²) in [6.07, 6.45) is 0.978. The number of amides is 2. The summed E-state index contributed by atoms with van der Waals surface area (Å²) >= 11 is 0. The number of nitrogens with zero attached hydrogens (tertiary/aromatic N) is 8. The Labute approximate surface area is 328 Å². The molecule has 0 saturated carbocycles. The van der Waals surface area contributed by atoms with Gasteiger partial charge in [0.25, 0.3) is 0 Å². The van der Waals surface area contributed by atoms with E-state index in [0.29, 0.717) is 25.7 Å². The van der Waals surface area contributed by atoms with E-state index in [9.17, 15) is 24.2 Å². The van der Waals surface area contributed by atoms with Crippen LogP contribution in [0.15, 0.2) is 51.8 Å². The van der Waals surface area contributed by atoms with Gasteiger partial charge in [-0.3, -0.25) is 14.8 Å². The molecule has 3 aliphatic rings. The van der Waals surface area contributed by atoms with Gasteiger partial charge in [0.2, 0.25) is 0 Å². The molecule has 308 valence electrons. The van der Waals surface area contributed by atoms with Gasteiger partial charge in [-0.05, 0) is 125 Å². The fraction of sp³-hybridized carbons (Fsp3) is 0.650. The molecule has 4 atom stereocenters. The van der Waals surface area contributed by atoms with Crippen LogP contribution in [0.5, 0.6) is 0 Å². The number of likely N-dealkylation sites (tertiary alicyclic amines) is 2. The van der Waals surface area contributed by atoms with Gasteiger partial charge < -0.3 is 19.7 Å². The number of aliphatic hydroxyl groups excluding tert-OH is 2. The number of benzene rings is 2. The predicted molar refractivity (Wildman–Crippen MR) is 207 cm³/mol. The Hall–Kier alpha value is -4.53. The van der Waals surface area contributed by atoms with E-state index in [4.69, 9.17) is 15.0 Å². The first kappa shape index (κ1) is 44.2. The number of halogens is 2. The van der Waals surface area contributed by atoms with Gasteiger partial charge in [-0.2, -0.15) is 0 Å². The van der Waals surface area contributed by atoms with E-state index < -0.39 is 70.4 Å². The van der Waals surface area contributed by atoms with Crippen LogP contribution in [0.4, 0.5) is 29.7 Å². The van der Waals surface area contributed by atoms with E-state index >= 15 is 4.39 Å². The van der Waals surface area contributed by atoms with Crippen molar-refractivity contribution in [2.24, 2.45) is 15.5 Å². The van der Waals surface area contributed by atoms with Crippen LogP contribution in [-0.4, -0.2) is 84.7 Å². The first-order chi connectivity index (χ1) is 26.0. The first-order valence-corrected chi connectivity index (χ1v) is 19.2. The van der Waals surface area contributed by atoms with Crippen molar-refractivity contribution in [3.63, 3.8) is 0 Å². The van der Waals surface area contributed by atoms with Gasteiger partial charge in [-0.15, -0.1) is 5.11 Å². The minimum atomic E-state index is -1.27. The van der Waals surface area contributed by atoms with Crippen LogP contribution in [0.3, 0.4) is 0 Å². The largest absolute Gasteiger partial charge is 0.444 e. The molecule has 3 aliphatic heterocycles. The van der Waals surface area contributed by atoms with Crippen molar-refractivity contribution >= 4 is 23.6 Å². The van der Waals surface area contributed by atoms with E-state index in [2.05, 4.69) is 20.4 Å². The van der Waals surface area contributed by atoms with Gasteiger partial charge in [-0.1, -0.05) is 34.6 Å². The fourth-order valence-electron chi connectivity index (χ4n) is 7.43. The molecule has 2 amide bonds. The molecular weight excluding hydrogens is 726 g/mol. The Bertz CT molecular complexity index is 1800. The lowest BCUT2D eigenvalue weighted by Gasteiger charge is -2.38. The van der Waals surface area contributed by atoms with Gasteiger partial charge in [-0.25, -0.2) is 18.4 Å². The Balaban J connectivity index is 0.000000251. The molecule has 0 bridgehead atoms. The van der Waals surface area contributed by atoms with Crippen LogP contribution < -0.4 is 0 Å². The van der Waals surface area contributed by atoms with E-state index in [0.717, 1.165) is 25.9 Å². The molecule has 0 radical (unpaired) electrons. The van der Waals surface area contributed by atoms with Crippen LogP contribution in [0.1, 0.15) is 131 Å². The lowest BCUT2D eigenvalue weighted by Crippen LogP contribution is -2.50. The summed E-state index contributed by atoms with van der Waals surface area (Å²) < 4.78 is 40.8. The highest BCUT2D eigenvalue weighted by molar-refractivity contribution is 5.71. The van der Waals surface area contributed by atoms with Gasteiger partial charge in [0.15, 0.2) is 5.82 Å². The van der Waals surface area contributed by atoms with Gasteiger partial charge in [0, 0.05) is 40.2 Å². The Morgan fingerprint density at radius 3 is 1.61 bits per heavy atom. The monoisotopic (exact) mass is 784 g/mol. The maximum Gasteiger partial charge on any atom is 0.411 e. The van der Waals surface area contributed by atoms with E-state index in [1.54, 1.807) is 52.5 Å². The third kappa shape index (κ3) is 10.6. The van der Waals surface area contributed by atoms with Crippen molar-refractivity contribution in [2.45, 2.75) is 154 Å². The zero-order valence-electron chi connectivity index (χ0n) is 34.3. The van der Waals surface area contributed by atoms with Crippen molar-refractivity contribution in [1.82, 2.24) is 14.8 Å². The highest BCUT2D eigenvalue weighted by atomic mass is 19.1. The standard InChI is InChI=1S/C22H33FN4O3.C18H25FN4O3/c1-21(2,3)30-20(29)27-17(11-12-22(27,4)5)19(28)15-9-8-10-16(18(15)23)24-25-26-13-6-7-14-26;1-17(2,3)26-16(25)23-13(9-10-18(23,4)5)15(24)11-7-6-8-12(14(11)19)21-22-20/h8-10,17,19,28H,6-7,11-14H2,1-5H3;6-8,13,15,24H,9-10H2,1-5H3/t17-,19-;13-,15-/m11/s1. The average Bonchev–Trinajstić information content (AvgIpc) is 3.80. The molecule has 3 fully saturated rings. The number of aliphatic hydroxyl groups is 2. The lowest BCUT2D eigenvalue weighted by atomic mass is 9.99. The molecule has 16 heteroatoms. The molecule has 0 aliphatic carbocycles. The van der Waals surface area contributed by atoms with Crippen LogP contribution >= 0.6 is 0 Å². The highest BCUT2D eigenvalue weighted by Crippen LogP contribution is 2.43. The highest BCUT2D eigenvalue weighted by Gasteiger charge is 2.49. The quantitative estimate of drug-likeness (QED) is 0.159. The molecule has 0 aromatic heterocycles. The number of hydrogen-bond acceptors (Lipinski definition) is 9. The first-order valence-electron chi connectivity index (χ1n) is 19.2. The molecular formula is C40H58F2N8O6. The summed E-state index contributed by atoms with van der Waals surface area (Å²) in [6.45, 7) is 20.0. The summed E-state index contributed by atoms with van der Waals surface area (Å²) in [7, 11) is 0. The molecule has 5 rings (SSSR count). The van der Waals surface area contributed by atoms with Crippen molar-refractivity contribution in [3.8, 4) is 0 Å². The maximum absolute atomic E-state index is 15.2. The van der Waals surface area contributed by atoms with Crippen LogP contribution in [-0.2, 0) is 9.47 Å². The van der Waals surface area contributed by atoms with Crippen molar-refractivity contribution in [1.29, 1.82) is 0 Å². The summed E-state index contributed by atoms with van der Waals surface area (Å²) in [6, 6.07) is 7.75. The van der Waals surface area contributed by atoms with E-state index in [1.807, 2.05) is 32.7 Å². The summed E-state index contributed by atoms with van der Waals surface area (Å²) in [5.41, 5.74) is 6.16. The Morgan fingerprint density at radius 1 is 0.786 bits per heavy atom. The molecule has 0 unspecified atom stereocenters. The third-order valence-corrected chi connectivity index (χ3v) is 10.1. The second kappa shape index (κ2) is 17.3. The Morgan fingerprint density at radius 2 is 1.20 bits per heavy atom. The smallest absolute Gasteiger partial charge is 0.411 e. The number of rotatable bonds is 7. The molecule has 2 aromatic rings. The maximum atomic E-state index is 15.2. The zero-order valence-corrected chi connectivity index (χ0v) is 34.3. The minimum absolute atomic E-state index is 0.00819. The molecule has 2 aromatic carbocycles. The molecule has 3 heterocycles. The molecule has 3 saturated heterocycles. The number of carbonyl (C=O) groups is 2. The number of carbonyl (C=O) groups excluding carboxylic acids is 2. The number of ether oxygens (including phenoxy) is 2. The van der Waals surface area contributed by atoms with Crippen LogP contribution in [0.25, 0.3) is 10.4 Å². The van der Waals surface area contributed by atoms with Crippen molar-refractivity contribution < 1.29 is 38.1 Å². The number of azide groups is 1. The summed E-state index contributed by atoms with van der Waals surface area (Å²) in [5.74, 6) is -1.39. The topological polar surface area (TPSA) is 176 Å². The van der Waals surface area contributed by atoms with Crippen LogP contribution in [0.2, 0.25) is 0 Å². The SMILES string of the molecule is CC(C)(C)OC(=O)N1[C@@H]([C@H](O)c2cccc(N=NN3CCCC3)c2F)CCC1(C)C.CC(C)(C)OC(=O)N1[C@@H]([C@H](O)c2cccc(N=[N+]=[N-])c2F)CCC1(C)C. The Kier molecular flexibility index (Phi) is 13.7. The zero-order chi connectivity index (χ0) is 41.8. The third-order valence-electron chi connectivity index (χ3n) is 10.1. The second-order valence-corrected chi connectivity index (χ2v) is 17.8. The summed E-state index contributed by atoms with van der Waals surface area (Å²) in [4.78, 5) is 31.2. The average molecular weight is 785 g/mol. The summed E-state index contributed by atoms with van der Waals surface area (Å²) in [5, 5.41) is 35.2. The van der Waals surface area contributed by atoms with Gasteiger partial charge in [0.05, 0.1) is 17.8 Å². The lowest BCUT2D eigenvalue weighted by molar-refractivity contribution is -0.0178. The van der Waals surface area contributed by atoms with Crippen molar-refractivity contribution in [3.05, 3.63) is 69.6 Å². The minimum Gasteiger partial charge on any atom is -0.444 e. The molecule has 14 nitrogen and oxygen atoms in total. The predicted octanol–water partition coefficient (Wildman–Crippen LogP) is 10.1. The van der Waals surface area contributed by atoms with E-state index in [1.165, 1.54) is 35.2 Å². The van der Waals surface area contributed by atoms with E-state index in [-0.39, 0.29) is 22.5 Å².